The van der Waals surface area contributed by atoms with Gasteiger partial charge in [-0.25, -0.2) is 0 Å². The lowest BCUT2D eigenvalue weighted by molar-refractivity contribution is -0.132. The van der Waals surface area contributed by atoms with Crippen molar-refractivity contribution in [2.75, 3.05) is 13.2 Å². The quantitative estimate of drug-likeness (QED) is 0.698. The Morgan fingerprint density at radius 2 is 1.79 bits per heavy atom. The maximum atomic E-state index is 12.3. The van der Waals surface area contributed by atoms with Gasteiger partial charge < -0.3 is 10.4 Å². The van der Waals surface area contributed by atoms with E-state index in [0.717, 1.165) is 19.4 Å². The van der Waals surface area contributed by atoms with Crippen LogP contribution in [0.5, 0.6) is 0 Å². The molecule has 0 unspecified atom stereocenters. The first-order valence-corrected chi connectivity index (χ1v) is 7.69. The molecular formula is C16H31NO2. The van der Waals surface area contributed by atoms with Crippen molar-refractivity contribution in [3.8, 4) is 0 Å². The molecule has 1 aliphatic carbocycles. The number of amides is 1. The van der Waals surface area contributed by atoms with Crippen molar-refractivity contribution in [2.24, 2.45) is 16.7 Å². The van der Waals surface area contributed by atoms with E-state index >= 15 is 0 Å². The maximum absolute atomic E-state index is 12.3. The van der Waals surface area contributed by atoms with Gasteiger partial charge in [0, 0.05) is 18.6 Å². The molecule has 1 aliphatic rings. The van der Waals surface area contributed by atoms with Crippen LogP contribution in [-0.4, -0.2) is 24.2 Å². The number of hydrogen-bond acceptors (Lipinski definition) is 2. The Hall–Kier alpha value is -0.570. The van der Waals surface area contributed by atoms with Gasteiger partial charge >= 0.3 is 0 Å². The Labute approximate surface area is 118 Å². The van der Waals surface area contributed by atoms with Gasteiger partial charge in [0.05, 0.1) is 0 Å². The van der Waals surface area contributed by atoms with E-state index in [4.69, 9.17) is 0 Å². The van der Waals surface area contributed by atoms with Gasteiger partial charge in [0.15, 0.2) is 0 Å². The summed E-state index contributed by atoms with van der Waals surface area (Å²) in [5, 5.41) is 12.3. The molecule has 0 heterocycles. The molecule has 112 valence electrons. The fourth-order valence-corrected chi connectivity index (χ4v) is 2.91. The third-order valence-electron chi connectivity index (χ3n) is 4.70. The monoisotopic (exact) mass is 269 g/mol. The minimum atomic E-state index is -0.233. The molecule has 0 aromatic heterocycles. The number of aliphatic hydroxyl groups is 1. The topological polar surface area (TPSA) is 49.3 Å². The fraction of sp³-hybridized carbons (Fsp3) is 0.938. The zero-order chi connectivity index (χ0) is 14.5. The summed E-state index contributed by atoms with van der Waals surface area (Å²) in [5.41, 5.74) is -0.269. The number of hydrogen-bond donors (Lipinski definition) is 2. The summed E-state index contributed by atoms with van der Waals surface area (Å²) in [6, 6.07) is 0. The summed E-state index contributed by atoms with van der Waals surface area (Å²) in [6.45, 7) is 9.19. The van der Waals surface area contributed by atoms with Crippen LogP contribution in [-0.2, 0) is 4.79 Å². The van der Waals surface area contributed by atoms with Gasteiger partial charge in [0.1, 0.15) is 0 Å². The molecule has 19 heavy (non-hydrogen) atoms. The Balaban J connectivity index is 2.30. The van der Waals surface area contributed by atoms with Crippen LogP contribution in [0.15, 0.2) is 0 Å². The number of nitrogens with one attached hydrogen (secondary N) is 1. The van der Waals surface area contributed by atoms with Crippen molar-refractivity contribution in [2.45, 2.75) is 66.2 Å². The maximum Gasteiger partial charge on any atom is 0.225 e. The molecule has 0 atom stereocenters. The highest BCUT2D eigenvalue weighted by Gasteiger charge is 2.37. The van der Waals surface area contributed by atoms with Crippen LogP contribution in [0.1, 0.15) is 66.2 Å². The summed E-state index contributed by atoms with van der Waals surface area (Å²) in [5.74, 6) is 0.739. The Morgan fingerprint density at radius 1 is 1.21 bits per heavy atom. The van der Waals surface area contributed by atoms with E-state index in [2.05, 4.69) is 33.0 Å². The SMILES string of the molecule is CC(C)(CO)CCCNC(=O)C(C)(C)C1CCCC1. The molecule has 0 aromatic carbocycles. The first kappa shape index (κ1) is 16.5. The van der Waals surface area contributed by atoms with Crippen LogP contribution in [0.4, 0.5) is 0 Å². The lowest BCUT2D eigenvalue weighted by atomic mass is 9.77. The Bertz CT molecular complexity index is 291. The molecule has 3 nitrogen and oxygen atoms in total. The van der Waals surface area contributed by atoms with Crippen molar-refractivity contribution < 1.29 is 9.90 Å². The van der Waals surface area contributed by atoms with Gasteiger partial charge in [-0.1, -0.05) is 40.5 Å². The van der Waals surface area contributed by atoms with Crippen LogP contribution in [0, 0.1) is 16.7 Å². The first-order chi connectivity index (χ1) is 8.79. The highest BCUT2D eigenvalue weighted by Crippen LogP contribution is 2.39. The predicted molar refractivity (Wildman–Crippen MR) is 78.8 cm³/mol. The second-order valence-electron chi connectivity index (χ2n) is 7.38. The smallest absolute Gasteiger partial charge is 0.225 e. The lowest BCUT2D eigenvalue weighted by Crippen LogP contribution is -2.41. The highest BCUT2D eigenvalue weighted by molar-refractivity contribution is 5.82. The standard InChI is InChI=1S/C16H31NO2/c1-15(2,12-18)10-7-11-17-14(19)16(3,4)13-8-5-6-9-13/h13,18H,5-12H2,1-4H3,(H,17,19). The van der Waals surface area contributed by atoms with Crippen LogP contribution in [0.3, 0.4) is 0 Å². The largest absolute Gasteiger partial charge is 0.396 e. The highest BCUT2D eigenvalue weighted by atomic mass is 16.3. The van der Waals surface area contributed by atoms with E-state index in [9.17, 15) is 9.90 Å². The first-order valence-electron chi connectivity index (χ1n) is 7.69. The molecule has 3 heteroatoms. The zero-order valence-corrected chi connectivity index (χ0v) is 13.1. The lowest BCUT2D eigenvalue weighted by Gasteiger charge is -2.30. The van der Waals surface area contributed by atoms with Crippen molar-refractivity contribution in [3.63, 3.8) is 0 Å². The van der Waals surface area contributed by atoms with Crippen LogP contribution >= 0.6 is 0 Å². The van der Waals surface area contributed by atoms with E-state index < -0.39 is 0 Å². The molecule has 0 spiro atoms. The van der Waals surface area contributed by atoms with Crippen molar-refractivity contribution in [1.82, 2.24) is 5.32 Å². The molecule has 0 saturated heterocycles. The molecule has 1 rings (SSSR count). The van der Waals surface area contributed by atoms with Crippen molar-refractivity contribution in [3.05, 3.63) is 0 Å². The summed E-state index contributed by atoms with van der Waals surface area (Å²) >= 11 is 0. The van der Waals surface area contributed by atoms with E-state index in [0.29, 0.717) is 5.92 Å². The average molecular weight is 269 g/mol. The Kier molecular flexibility index (Phi) is 5.84. The van der Waals surface area contributed by atoms with Crippen molar-refractivity contribution >= 4 is 5.91 Å². The molecule has 0 aliphatic heterocycles. The zero-order valence-electron chi connectivity index (χ0n) is 13.1. The van der Waals surface area contributed by atoms with Gasteiger partial charge in [-0.15, -0.1) is 0 Å². The molecule has 0 bridgehead atoms. The van der Waals surface area contributed by atoms with Gasteiger partial charge in [-0.05, 0) is 37.0 Å². The van der Waals surface area contributed by atoms with E-state index in [1.165, 1.54) is 25.7 Å². The molecule has 0 aromatic rings. The number of carbonyl (C=O) groups excluding carboxylic acids is 1. The second-order valence-corrected chi connectivity index (χ2v) is 7.38. The molecular weight excluding hydrogens is 238 g/mol. The van der Waals surface area contributed by atoms with Crippen LogP contribution in [0.25, 0.3) is 0 Å². The summed E-state index contributed by atoms with van der Waals surface area (Å²) in [4.78, 5) is 12.3. The van der Waals surface area contributed by atoms with Gasteiger partial charge in [-0.2, -0.15) is 0 Å². The summed E-state index contributed by atoms with van der Waals surface area (Å²) in [6.07, 6.45) is 6.79. The van der Waals surface area contributed by atoms with Gasteiger partial charge in [-0.3, -0.25) is 4.79 Å². The molecule has 1 fully saturated rings. The number of carbonyl (C=O) groups is 1. The third kappa shape index (κ3) is 4.79. The van der Waals surface area contributed by atoms with Crippen LogP contribution in [0.2, 0.25) is 0 Å². The molecule has 2 N–H and O–H groups in total. The van der Waals surface area contributed by atoms with E-state index in [1.54, 1.807) is 0 Å². The Morgan fingerprint density at radius 3 is 2.32 bits per heavy atom. The molecule has 1 amide bonds. The predicted octanol–water partition coefficient (Wildman–Crippen LogP) is 3.12. The number of rotatable bonds is 7. The minimum absolute atomic E-state index is 0.0360. The minimum Gasteiger partial charge on any atom is -0.396 e. The van der Waals surface area contributed by atoms with E-state index in [1.807, 2.05) is 0 Å². The summed E-state index contributed by atoms with van der Waals surface area (Å²) in [7, 11) is 0. The average Bonchev–Trinajstić information content (AvgIpc) is 2.88. The van der Waals surface area contributed by atoms with Gasteiger partial charge in [0.2, 0.25) is 5.91 Å². The number of aliphatic hydroxyl groups excluding tert-OH is 1. The molecule has 1 saturated carbocycles. The van der Waals surface area contributed by atoms with Gasteiger partial charge in [0.25, 0.3) is 0 Å². The third-order valence-corrected chi connectivity index (χ3v) is 4.70. The van der Waals surface area contributed by atoms with Crippen molar-refractivity contribution in [1.29, 1.82) is 0 Å². The van der Waals surface area contributed by atoms with Crippen LogP contribution < -0.4 is 5.32 Å². The summed E-state index contributed by atoms with van der Waals surface area (Å²) < 4.78 is 0. The molecule has 0 radical (unpaired) electrons. The normalized spacial score (nSPS) is 17.7. The second kappa shape index (κ2) is 6.74. The van der Waals surface area contributed by atoms with E-state index in [-0.39, 0.29) is 23.3 Å². The fourth-order valence-electron chi connectivity index (χ4n) is 2.91.